The lowest BCUT2D eigenvalue weighted by atomic mass is 9.96. The van der Waals surface area contributed by atoms with Crippen LogP contribution in [-0.2, 0) is 22.5 Å². The third-order valence-electron chi connectivity index (χ3n) is 7.08. The fourth-order valence-corrected chi connectivity index (χ4v) is 5.06. The lowest BCUT2D eigenvalue weighted by Crippen LogP contribution is -2.44. The number of anilines is 1. The summed E-state index contributed by atoms with van der Waals surface area (Å²) in [6, 6.07) is 19.0. The van der Waals surface area contributed by atoms with Crippen LogP contribution in [0.15, 0.2) is 54.6 Å². The number of nitrogens with one attached hydrogen (secondary N) is 1. The summed E-state index contributed by atoms with van der Waals surface area (Å²) in [5, 5.41) is 3.16. The molecule has 0 spiro atoms. The average Bonchev–Trinajstić information content (AvgIpc) is 3.27. The van der Waals surface area contributed by atoms with Gasteiger partial charge in [0.2, 0.25) is 11.9 Å². The first kappa shape index (κ1) is 22.9. The fraction of sp³-hybridized carbons (Fsp3) is 0.481. The first-order chi connectivity index (χ1) is 16.8. The number of carbonyl (C=O) groups excluding carboxylic acids is 1. The third kappa shape index (κ3) is 5.42. The van der Waals surface area contributed by atoms with Crippen LogP contribution in [0.4, 0.5) is 5.95 Å². The summed E-state index contributed by atoms with van der Waals surface area (Å²) in [5.74, 6) is 1.32. The molecule has 0 atom stereocenters. The molecule has 0 bridgehead atoms. The lowest BCUT2D eigenvalue weighted by Gasteiger charge is -2.32. The number of amides is 1. The van der Waals surface area contributed by atoms with E-state index in [2.05, 4.69) is 68.2 Å². The van der Waals surface area contributed by atoms with Crippen molar-refractivity contribution in [2.45, 2.75) is 25.8 Å². The second kappa shape index (κ2) is 11.0. The van der Waals surface area contributed by atoms with Gasteiger partial charge in [-0.2, -0.15) is 0 Å². The first-order valence-corrected chi connectivity index (χ1v) is 12.6. The fourth-order valence-electron chi connectivity index (χ4n) is 5.06. The number of para-hydroxylation sites is 2. The number of rotatable bonds is 8. The molecular formula is C27H35N5O2. The zero-order valence-corrected chi connectivity index (χ0v) is 19.9. The van der Waals surface area contributed by atoms with Crippen LogP contribution in [0.25, 0.3) is 11.0 Å². The SMILES string of the molecule is O=C(NCCN1CCOCC1)C1CCN(c2nc3ccccc3n2CCc2ccccc2)CC1. The van der Waals surface area contributed by atoms with Crippen molar-refractivity contribution in [1.82, 2.24) is 19.8 Å². The van der Waals surface area contributed by atoms with Gasteiger partial charge in [-0.15, -0.1) is 0 Å². The van der Waals surface area contributed by atoms with E-state index in [1.807, 2.05) is 6.07 Å². The molecule has 3 aromatic rings. The Morgan fingerprint density at radius 2 is 1.68 bits per heavy atom. The van der Waals surface area contributed by atoms with Crippen LogP contribution in [0.2, 0.25) is 0 Å². The number of carbonyl (C=O) groups is 1. The second-order valence-electron chi connectivity index (χ2n) is 9.29. The van der Waals surface area contributed by atoms with Gasteiger partial charge >= 0.3 is 0 Å². The molecule has 7 nitrogen and oxygen atoms in total. The van der Waals surface area contributed by atoms with E-state index in [0.717, 1.165) is 83.2 Å². The molecule has 180 valence electrons. The van der Waals surface area contributed by atoms with Gasteiger partial charge in [-0.1, -0.05) is 42.5 Å². The number of nitrogens with zero attached hydrogens (tertiary/aromatic N) is 4. The highest BCUT2D eigenvalue weighted by Gasteiger charge is 2.27. The number of imidazole rings is 1. The molecule has 1 N–H and O–H groups in total. The van der Waals surface area contributed by atoms with Crippen molar-refractivity contribution in [2.24, 2.45) is 5.92 Å². The molecule has 2 fully saturated rings. The number of piperidine rings is 1. The Bertz CT molecular complexity index is 1070. The smallest absolute Gasteiger partial charge is 0.223 e. The van der Waals surface area contributed by atoms with Crippen LogP contribution < -0.4 is 10.2 Å². The second-order valence-corrected chi connectivity index (χ2v) is 9.29. The van der Waals surface area contributed by atoms with Crippen molar-refractivity contribution in [3.8, 4) is 0 Å². The Morgan fingerprint density at radius 3 is 2.47 bits per heavy atom. The Kier molecular flexibility index (Phi) is 7.41. The van der Waals surface area contributed by atoms with Gasteiger partial charge in [0, 0.05) is 51.7 Å². The van der Waals surface area contributed by atoms with Crippen molar-refractivity contribution in [3.05, 3.63) is 60.2 Å². The zero-order chi connectivity index (χ0) is 23.2. The summed E-state index contributed by atoms with van der Waals surface area (Å²) in [5.41, 5.74) is 3.55. The zero-order valence-electron chi connectivity index (χ0n) is 19.9. The van der Waals surface area contributed by atoms with Crippen LogP contribution >= 0.6 is 0 Å². The van der Waals surface area contributed by atoms with E-state index in [9.17, 15) is 4.79 Å². The number of hydrogen-bond acceptors (Lipinski definition) is 5. The minimum Gasteiger partial charge on any atom is -0.379 e. The quantitative estimate of drug-likeness (QED) is 0.559. The van der Waals surface area contributed by atoms with Gasteiger partial charge in [0.25, 0.3) is 0 Å². The summed E-state index contributed by atoms with van der Waals surface area (Å²) >= 11 is 0. The van der Waals surface area contributed by atoms with Gasteiger partial charge < -0.3 is 19.5 Å². The maximum Gasteiger partial charge on any atom is 0.223 e. The van der Waals surface area contributed by atoms with Crippen molar-refractivity contribution >= 4 is 22.9 Å². The van der Waals surface area contributed by atoms with Crippen molar-refractivity contribution in [3.63, 3.8) is 0 Å². The maximum atomic E-state index is 12.8. The number of morpholine rings is 1. The highest BCUT2D eigenvalue weighted by atomic mass is 16.5. The molecule has 0 aliphatic carbocycles. The number of aryl methyl sites for hydroxylation is 2. The number of benzene rings is 2. The van der Waals surface area contributed by atoms with Crippen LogP contribution in [-0.4, -0.2) is 72.8 Å². The first-order valence-electron chi connectivity index (χ1n) is 12.6. The third-order valence-corrected chi connectivity index (χ3v) is 7.08. The normalized spacial score (nSPS) is 17.8. The highest BCUT2D eigenvalue weighted by Crippen LogP contribution is 2.27. The summed E-state index contributed by atoms with van der Waals surface area (Å²) < 4.78 is 7.75. The Hall–Kier alpha value is -2.90. The lowest BCUT2D eigenvalue weighted by molar-refractivity contribution is -0.125. The molecule has 1 aromatic heterocycles. The highest BCUT2D eigenvalue weighted by molar-refractivity contribution is 5.80. The van der Waals surface area contributed by atoms with Gasteiger partial charge in [0.15, 0.2) is 0 Å². The largest absolute Gasteiger partial charge is 0.379 e. The molecule has 2 aromatic carbocycles. The number of ether oxygens (including phenoxy) is 1. The average molecular weight is 462 g/mol. The van der Waals surface area contributed by atoms with Gasteiger partial charge in [-0.3, -0.25) is 9.69 Å². The predicted molar refractivity (Wildman–Crippen MR) is 135 cm³/mol. The monoisotopic (exact) mass is 461 g/mol. The standard InChI is InChI=1S/C27H35N5O2/c33-26(28-13-17-30-18-20-34-21-19-30)23-11-14-31(15-12-23)27-29-24-8-4-5-9-25(24)32(27)16-10-22-6-2-1-3-7-22/h1-9,23H,10-21H2,(H,28,33). The summed E-state index contributed by atoms with van der Waals surface area (Å²) in [7, 11) is 0. The molecule has 2 saturated heterocycles. The van der Waals surface area contributed by atoms with E-state index in [0.29, 0.717) is 6.54 Å². The van der Waals surface area contributed by atoms with Gasteiger partial charge in [0.1, 0.15) is 0 Å². The van der Waals surface area contributed by atoms with E-state index in [1.165, 1.54) is 11.1 Å². The van der Waals surface area contributed by atoms with Gasteiger partial charge in [-0.05, 0) is 37.0 Å². The van der Waals surface area contributed by atoms with E-state index < -0.39 is 0 Å². The van der Waals surface area contributed by atoms with Crippen molar-refractivity contribution in [2.75, 3.05) is 57.4 Å². The molecule has 2 aliphatic heterocycles. The predicted octanol–water partition coefficient (Wildman–Crippen LogP) is 2.94. The number of fused-ring (bicyclic) bond motifs is 1. The summed E-state index contributed by atoms with van der Waals surface area (Å²) in [6.07, 6.45) is 2.70. The number of aromatic nitrogens is 2. The molecular weight excluding hydrogens is 426 g/mol. The molecule has 3 heterocycles. The Balaban J connectivity index is 1.19. The van der Waals surface area contributed by atoms with Crippen LogP contribution in [0, 0.1) is 5.92 Å². The molecule has 0 radical (unpaired) electrons. The molecule has 5 rings (SSSR count). The van der Waals surface area contributed by atoms with E-state index in [-0.39, 0.29) is 11.8 Å². The van der Waals surface area contributed by atoms with Gasteiger partial charge in [0.05, 0.1) is 24.2 Å². The minimum absolute atomic E-state index is 0.0862. The summed E-state index contributed by atoms with van der Waals surface area (Å²) in [6.45, 7) is 7.73. The summed E-state index contributed by atoms with van der Waals surface area (Å²) in [4.78, 5) is 22.5. The Labute approximate surface area is 201 Å². The van der Waals surface area contributed by atoms with E-state index >= 15 is 0 Å². The molecule has 34 heavy (non-hydrogen) atoms. The van der Waals surface area contributed by atoms with Gasteiger partial charge in [-0.25, -0.2) is 4.98 Å². The molecule has 7 heteroatoms. The van der Waals surface area contributed by atoms with Crippen molar-refractivity contribution < 1.29 is 9.53 Å². The van der Waals surface area contributed by atoms with Crippen molar-refractivity contribution in [1.29, 1.82) is 0 Å². The topological polar surface area (TPSA) is 62.6 Å². The minimum atomic E-state index is 0.0862. The Morgan fingerprint density at radius 1 is 0.941 bits per heavy atom. The van der Waals surface area contributed by atoms with E-state index in [4.69, 9.17) is 9.72 Å². The van der Waals surface area contributed by atoms with Crippen LogP contribution in [0.3, 0.4) is 0 Å². The van der Waals surface area contributed by atoms with Crippen LogP contribution in [0.1, 0.15) is 18.4 Å². The molecule has 0 saturated carbocycles. The molecule has 2 aliphatic rings. The van der Waals surface area contributed by atoms with E-state index in [1.54, 1.807) is 0 Å². The molecule has 1 amide bonds. The molecule has 0 unspecified atom stereocenters. The van der Waals surface area contributed by atoms with Crippen LogP contribution in [0.5, 0.6) is 0 Å². The number of hydrogen-bond donors (Lipinski definition) is 1. The maximum absolute atomic E-state index is 12.8.